The quantitative estimate of drug-likeness (QED) is 0.769. The number of carbonyl (C=O) groups excluding carboxylic acids is 1. The summed E-state index contributed by atoms with van der Waals surface area (Å²) in [6, 6.07) is 8.32. The largest absolute Gasteiger partial charge is 0.372 e. The molecule has 0 radical (unpaired) electrons. The van der Waals surface area contributed by atoms with E-state index in [9.17, 15) is 4.79 Å². The molecule has 22 heavy (non-hydrogen) atoms. The highest BCUT2D eigenvalue weighted by Gasteiger charge is 2.28. The van der Waals surface area contributed by atoms with Gasteiger partial charge in [0.2, 0.25) is 0 Å². The molecule has 5 heteroatoms. The van der Waals surface area contributed by atoms with Gasteiger partial charge in [0, 0.05) is 24.7 Å². The second kappa shape index (κ2) is 6.30. The van der Waals surface area contributed by atoms with E-state index in [2.05, 4.69) is 53.3 Å². The number of hydrogen-bond acceptors (Lipinski definition) is 4. The van der Waals surface area contributed by atoms with E-state index in [0.29, 0.717) is 11.6 Å². The van der Waals surface area contributed by atoms with E-state index in [0.717, 1.165) is 43.6 Å². The minimum Gasteiger partial charge on any atom is -0.372 e. The van der Waals surface area contributed by atoms with Gasteiger partial charge in [0.15, 0.2) is 6.29 Å². The normalized spacial score (nSPS) is 14.6. The minimum atomic E-state index is 0.414. The number of anilines is 1. The first kappa shape index (κ1) is 14.8. The Kier molecular flexibility index (Phi) is 4.22. The van der Waals surface area contributed by atoms with Crippen LogP contribution in [0.1, 0.15) is 55.2 Å². The molecule has 0 amide bonds. The van der Waals surface area contributed by atoms with E-state index in [1.165, 1.54) is 12.1 Å². The molecule has 0 spiro atoms. The molecule has 1 heterocycles. The van der Waals surface area contributed by atoms with Crippen LogP contribution >= 0.6 is 0 Å². The highest BCUT2D eigenvalue weighted by molar-refractivity contribution is 5.74. The van der Waals surface area contributed by atoms with Crippen molar-refractivity contribution in [1.29, 1.82) is 0 Å². The van der Waals surface area contributed by atoms with Crippen molar-refractivity contribution in [2.75, 3.05) is 18.0 Å². The third-order valence-corrected chi connectivity index (χ3v) is 4.56. The zero-order valence-electron chi connectivity index (χ0n) is 13.2. The molecule has 1 fully saturated rings. The Bertz CT molecular complexity index is 639. The third-order valence-electron chi connectivity index (χ3n) is 4.56. The van der Waals surface area contributed by atoms with Crippen LogP contribution in [-0.2, 0) is 0 Å². The monoisotopic (exact) mass is 298 g/mol. The second-order valence-electron chi connectivity index (χ2n) is 5.71. The third kappa shape index (κ3) is 2.51. The zero-order chi connectivity index (χ0) is 15.5. The second-order valence-corrected chi connectivity index (χ2v) is 5.71. The summed E-state index contributed by atoms with van der Waals surface area (Å²) in [5, 5.41) is 8.24. The van der Waals surface area contributed by atoms with Crippen LogP contribution in [0.5, 0.6) is 0 Å². The predicted molar refractivity (Wildman–Crippen MR) is 86.9 cm³/mol. The van der Waals surface area contributed by atoms with Gasteiger partial charge in [-0.05, 0) is 51.0 Å². The van der Waals surface area contributed by atoms with Crippen molar-refractivity contribution in [2.24, 2.45) is 0 Å². The van der Waals surface area contributed by atoms with Gasteiger partial charge < -0.3 is 4.90 Å². The van der Waals surface area contributed by atoms with Crippen molar-refractivity contribution < 1.29 is 4.79 Å². The number of carbonyl (C=O) groups is 1. The van der Waals surface area contributed by atoms with Crippen molar-refractivity contribution in [2.45, 2.75) is 39.0 Å². The molecular weight excluding hydrogens is 276 g/mol. The predicted octanol–water partition coefficient (Wildman–Crippen LogP) is 3.19. The van der Waals surface area contributed by atoms with E-state index in [-0.39, 0.29) is 0 Å². The molecule has 0 N–H and O–H groups in total. The molecule has 1 aromatic heterocycles. The topological polar surface area (TPSA) is 51.0 Å². The molecule has 5 nitrogen and oxygen atoms in total. The summed E-state index contributed by atoms with van der Waals surface area (Å²) in [4.78, 5) is 13.5. The fourth-order valence-electron chi connectivity index (χ4n) is 3.03. The van der Waals surface area contributed by atoms with E-state index in [1.54, 1.807) is 0 Å². The van der Waals surface area contributed by atoms with Crippen LogP contribution in [0.4, 0.5) is 5.69 Å². The summed E-state index contributed by atoms with van der Waals surface area (Å²) in [5.41, 5.74) is 3.63. The summed E-state index contributed by atoms with van der Waals surface area (Å²) < 4.78 is 1.83. The Hall–Kier alpha value is -2.17. The fraction of sp³-hybridized carbons (Fsp3) is 0.471. The van der Waals surface area contributed by atoms with Gasteiger partial charge in [0.05, 0.1) is 11.4 Å². The molecule has 1 aromatic carbocycles. The summed E-state index contributed by atoms with van der Waals surface area (Å²) >= 11 is 0. The SMILES string of the molecule is CCN(CC)c1ccc(-n2nnc(C=O)c2C2CCC2)cc1. The molecule has 0 bridgehead atoms. The van der Waals surface area contributed by atoms with Gasteiger partial charge in [-0.3, -0.25) is 4.79 Å². The van der Waals surface area contributed by atoms with Gasteiger partial charge in [-0.25, -0.2) is 4.68 Å². The number of aldehydes is 1. The average molecular weight is 298 g/mol. The number of aromatic nitrogens is 3. The van der Waals surface area contributed by atoms with Gasteiger partial charge in [0.1, 0.15) is 5.69 Å². The summed E-state index contributed by atoms with van der Waals surface area (Å²) in [6.45, 7) is 6.28. The Morgan fingerprint density at radius 3 is 2.41 bits per heavy atom. The molecule has 1 aliphatic rings. The Balaban J connectivity index is 1.94. The molecule has 1 aliphatic carbocycles. The maximum absolute atomic E-state index is 11.2. The first-order valence-corrected chi connectivity index (χ1v) is 8.04. The highest BCUT2D eigenvalue weighted by atomic mass is 16.1. The van der Waals surface area contributed by atoms with Crippen molar-refractivity contribution in [3.05, 3.63) is 35.7 Å². The number of hydrogen-bond donors (Lipinski definition) is 0. The maximum atomic E-state index is 11.2. The Morgan fingerprint density at radius 2 is 1.91 bits per heavy atom. The van der Waals surface area contributed by atoms with Crippen molar-refractivity contribution in [1.82, 2.24) is 15.0 Å². The molecule has 0 unspecified atom stereocenters. The molecule has 0 aliphatic heterocycles. The first-order chi connectivity index (χ1) is 10.8. The summed E-state index contributed by atoms with van der Waals surface area (Å²) in [5.74, 6) is 0.414. The number of rotatable bonds is 6. The Morgan fingerprint density at radius 1 is 1.23 bits per heavy atom. The molecule has 0 atom stereocenters. The zero-order valence-corrected chi connectivity index (χ0v) is 13.2. The molecule has 116 valence electrons. The van der Waals surface area contributed by atoms with Gasteiger partial charge in [-0.1, -0.05) is 11.6 Å². The molecule has 2 aromatic rings. The van der Waals surface area contributed by atoms with Crippen LogP contribution in [0, 0.1) is 0 Å². The molecule has 0 saturated heterocycles. The van der Waals surface area contributed by atoms with Crippen LogP contribution in [0.25, 0.3) is 5.69 Å². The highest BCUT2D eigenvalue weighted by Crippen LogP contribution is 2.38. The minimum absolute atomic E-state index is 0.414. The lowest BCUT2D eigenvalue weighted by Crippen LogP contribution is -2.21. The molecule has 3 rings (SSSR count). The fourth-order valence-corrected chi connectivity index (χ4v) is 3.03. The lowest BCUT2D eigenvalue weighted by atomic mass is 9.82. The van der Waals surface area contributed by atoms with Crippen LogP contribution in [0.3, 0.4) is 0 Å². The number of benzene rings is 1. The lowest BCUT2D eigenvalue weighted by Gasteiger charge is -2.26. The van der Waals surface area contributed by atoms with Gasteiger partial charge in [-0.2, -0.15) is 0 Å². The average Bonchev–Trinajstić information content (AvgIpc) is 2.91. The van der Waals surface area contributed by atoms with Crippen LogP contribution < -0.4 is 4.90 Å². The number of nitrogens with zero attached hydrogens (tertiary/aromatic N) is 4. The van der Waals surface area contributed by atoms with E-state index in [4.69, 9.17) is 0 Å². The molecule has 1 saturated carbocycles. The van der Waals surface area contributed by atoms with Crippen LogP contribution in [-0.4, -0.2) is 34.4 Å². The first-order valence-electron chi connectivity index (χ1n) is 8.04. The Labute approximate surface area is 130 Å². The summed E-state index contributed by atoms with van der Waals surface area (Å²) in [7, 11) is 0. The molecular formula is C17H22N4O. The lowest BCUT2D eigenvalue weighted by molar-refractivity contribution is 0.111. The standard InChI is InChI=1S/C17H22N4O/c1-3-20(4-2)14-8-10-15(11-9-14)21-17(13-6-5-7-13)16(12-22)18-19-21/h8-13H,3-7H2,1-2H3. The van der Waals surface area contributed by atoms with E-state index in [1.807, 2.05) is 4.68 Å². The van der Waals surface area contributed by atoms with E-state index < -0.39 is 0 Å². The van der Waals surface area contributed by atoms with Crippen LogP contribution in [0.2, 0.25) is 0 Å². The van der Waals surface area contributed by atoms with Crippen molar-refractivity contribution in [3.8, 4) is 5.69 Å². The van der Waals surface area contributed by atoms with Crippen molar-refractivity contribution >= 4 is 12.0 Å². The van der Waals surface area contributed by atoms with E-state index >= 15 is 0 Å². The summed E-state index contributed by atoms with van der Waals surface area (Å²) in [6.07, 6.45) is 4.27. The van der Waals surface area contributed by atoms with Gasteiger partial charge >= 0.3 is 0 Å². The van der Waals surface area contributed by atoms with Crippen LogP contribution in [0.15, 0.2) is 24.3 Å². The maximum Gasteiger partial charge on any atom is 0.172 e. The van der Waals surface area contributed by atoms with Gasteiger partial charge in [-0.15, -0.1) is 5.10 Å². The smallest absolute Gasteiger partial charge is 0.172 e. The van der Waals surface area contributed by atoms with Gasteiger partial charge in [0.25, 0.3) is 0 Å². The van der Waals surface area contributed by atoms with Crippen molar-refractivity contribution in [3.63, 3.8) is 0 Å².